The first kappa shape index (κ1) is 14.9. The smallest absolute Gasteiger partial charge is 0.296 e. The highest BCUT2D eigenvalue weighted by atomic mass is 16.6. The van der Waals surface area contributed by atoms with Crippen molar-refractivity contribution in [3.8, 4) is 5.75 Å². The molecular weight excluding hydrogens is 322 g/mol. The number of aromatic nitrogens is 3. The van der Waals surface area contributed by atoms with E-state index in [2.05, 4.69) is 20.3 Å². The number of anilines is 2. The van der Waals surface area contributed by atoms with Gasteiger partial charge in [-0.2, -0.15) is 0 Å². The van der Waals surface area contributed by atoms with E-state index in [1.807, 2.05) is 24.3 Å². The van der Waals surface area contributed by atoms with Gasteiger partial charge in [0.25, 0.3) is 5.69 Å². The molecule has 0 aliphatic heterocycles. The zero-order valence-corrected chi connectivity index (χ0v) is 13.2. The van der Waals surface area contributed by atoms with Crippen molar-refractivity contribution < 1.29 is 9.66 Å². The Hall–Kier alpha value is -3.68. The number of hydrogen-bond acceptors (Lipinski definition) is 6. The summed E-state index contributed by atoms with van der Waals surface area (Å²) in [5.41, 5.74) is 2.59. The Morgan fingerprint density at radius 2 is 2.04 bits per heavy atom. The quantitative estimate of drug-likeness (QED) is 0.434. The highest BCUT2D eigenvalue weighted by molar-refractivity contribution is 6.08. The second kappa shape index (κ2) is 5.75. The Bertz CT molecular complexity index is 1110. The Kier molecular flexibility index (Phi) is 3.42. The van der Waals surface area contributed by atoms with Crippen molar-refractivity contribution in [3.05, 3.63) is 58.9 Å². The largest absolute Gasteiger partial charge is 0.496 e. The maximum absolute atomic E-state index is 11.4. The Labute approximate surface area is 141 Å². The van der Waals surface area contributed by atoms with Crippen LogP contribution in [-0.4, -0.2) is 27.0 Å². The number of hydrogen-bond donors (Lipinski definition) is 2. The van der Waals surface area contributed by atoms with Gasteiger partial charge in [-0.15, -0.1) is 0 Å². The van der Waals surface area contributed by atoms with E-state index in [0.717, 1.165) is 16.4 Å². The van der Waals surface area contributed by atoms with Gasteiger partial charge in [0.15, 0.2) is 5.82 Å². The van der Waals surface area contributed by atoms with Crippen molar-refractivity contribution in [1.29, 1.82) is 0 Å². The van der Waals surface area contributed by atoms with E-state index in [4.69, 9.17) is 4.74 Å². The van der Waals surface area contributed by atoms with Gasteiger partial charge < -0.3 is 15.0 Å². The minimum absolute atomic E-state index is 0.0952. The monoisotopic (exact) mass is 335 g/mol. The molecule has 0 saturated carbocycles. The van der Waals surface area contributed by atoms with Gasteiger partial charge in [0.1, 0.15) is 28.8 Å². The summed E-state index contributed by atoms with van der Waals surface area (Å²) in [5.74, 6) is 0.880. The van der Waals surface area contributed by atoms with E-state index in [1.165, 1.54) is 19.5 Å². The van der Waals surface area contributed by atoms with Gasteiger partial charge in [-0.25, -0.2) is 9.97 Å². The molecular formula is C17H13N5O3. The summed E-state index contributed by atoms with van der Waals surface area (Å²) in [6, 6.07) is 12.4. The van der Waals surface area contributed by atoms with Crippen LogP contribution in [0.15, 0.2) is 48.8 Å². The van der Waals surface area contributed by atoms with Crippen LogP contribution in [0.4, 0.5) is 17.2 Å². The van der Waals surface area contributed by atoms with Crippen LogP contribution in [0, 0.1) is 10.1 Å². The normalized spacial score (nSPS) is 10.9. The zero-order valence-electron chi connectivity index (χ0n) is 13.2. The molecule has 0 aliphatic carbocycles. The van der Waals surface area contributed by atoms with Crippen molar-refractivity contribution in [2.75, 3.05) is 12.4 Å². The molecule has 4 aromatic rings. The molecule has 2 heterocycles. The number of methoxy groups -OCH3 is 1. The summed E-state index contributed by atoms with van der Waals surface area (Å²) in [5, 5.41) is 15.3. The second-order valence-electron chi connectivity index (χ2n) is 5.38. The minimum atomic E-state index is -0.464. The van der Waals surface area contributed by atoms with E-state index in [9.17, 15) is 10.1 Å². The van der Waals surface area contributed by atoms with Gasteiger partial charge in [-0.05, 0) is 18.2 Å². The number of rotatable bonds is 4. The number of nitrogens with zero attached hydrogens (tertiary/aromatic N) is 3. The number of nitrogens with one attached hydrogen (secondary N) is 2. The molecule has 2 N–H and O–H groups in total. The molecule has 0 fully saturated rings. The zero-order chi connectivity index (χ0) is 17.4. The van der Waals surface area contributed by atoms with Crippen LogP contribution in [0.2, 0.25) is 0 Å². The van der Waals surface area contributed by atoms with E-state index >= 15 is 0 Å². The predicted octanol–water partition coefficient (Wildman–Crippen LogP) is 3.77. The summed E-state index contributed by atoms with van der Waals surface area (Å²) < 4.78 is 5.06. The van der Waals surface area contributed by atoms with Crippen molar-refractivity contribution in [1.82, 2.24) is 15.0 Å². The molecule has 4 rings (SSSR count). The van der Waals surface area contributed by atoms with Crippen molar-refractivity contribution in [2.24, 2.45) is 0 Å². The number of fused-ring (bicyclic) bond motifs is 3. The van der Waals surface area contributed by atoms with E-state index in [0.29, 0.717) is 22.8 Å². The van der Waals surface area contributed by atoms with Gasteiger partial charge in [0.05, 0.1) is 18.1 Å². The van der Waals surface area contributed by atoms with Crippen LogP contribution in [0.25, 0.3) is 21.9 Å². The van der Waals surface area contributed by atoms with Gasteiger partial charge >= 0.3 is 0 Å². The summed E-state index contributed by atoms with van der Waals surface area (Å²) in [7, 11) is 1.46. The lowest BCUT2D eigenvalue weighted by Crippen LogP contribution is -2.00. The first-order chi connectivity index (χ1) is 12.2. The topological polar surface area (TPSA) is 106 Å². The molecule has 0 aliphatic rings. The molecule has 124 valence electrons. The minimum Gasteiger partial charge on any atom is -0.496 e. The van der Waals surface area contributed by atoms with E-state index in [1.54, 1.807) is 12.1 Å². The molecule has 0 atom stereocenters. The van der Waals surface area contributed by atoms with Gasteiger partial charge in [0, 0.05) is 10.9 Å². The average molecular weight is 335 g/mol. The molecule has 2 aromatic carbocycles. The first-order valence-electron chi connectivity index (χ1n) is 7.48. The van der Waals surface area contributed by atoms with Crippen LogP contribution < -0.4 is 10.1 Å². The Morgan fingerprint density at radius 3 is 2.84 bits per heavy atom. The number of benzene rings is 2. The number of ether oxygens (including phenoxy) is 1. The highest BCUT2D eigenvalue weighted by Crippen LogP contribution is 2.33. The Balaban J connectivity index is 1.85. The lowest BCUT2D eigenvalue weighted by molar-refractivity contribution is -0.384. The maximum Gasteiger partial charge on any atom is 0.296 e. The summed E-state index contributed by atoms with van der Waals surface area (Å²) in [4.78, 5) is 22.7. The number of para-hydroxylation sites is 1. The number of nitro groups is 1. The molecule has 0 amide bonds. The van der Waals surface area contributed by atoms with Crippen molar-refractivity contribution in [3.63, 3.8) is 0 Å². The fraction of sp³-hybridized carbons (Fsp3) is 0.0588. The van der Waals surface area contributed by atoms with Gasteiger partial charge in [0.2, 0.25) is 0 Å². The fourth-order valence-electron chi connectivity index (χ4n) is 2.76. The third-order valence-electron chi connectivity index (χ3n) is 3.94. The second-order valence-corrected chi connectivity index (χ2v) is 5.38. The molecule has 0 saturated heterocycles. The lowest BCUT2D eigenvalue weighted by atomic mass is 10.2. The fourth-order valence-corrected chi connectivity index (χ4v) is 2.76. The van der Waals surface area contributed by atoms with Crippen LogP contribution in [-0.2, 0) is 0 Å². The van der Waals surface area contributed by atoms with Crippen LogP contribution >= 0.6 is 0 Å². The number of H-pyrrole nitrogens is 1. The standard InChI is InChI=1S/C17H13N5O3/c1-25-10-6-7-13(14(8-10)22(23)24)21-17-16-15(18-9-19-17)11-4-2-3-5-12(11)20-16/h2-9,20H,1H3,(H,18,19,21). The molecule has 8 nitrogen and oxygen atoms in total. The van der Waals surface area contributed by atoms with E-state index < -0.39 is 4.92 Å². The molecule has 0 radical (unpaired) electrons. The van der Waals surface area contributed by atoms with Gasteiger partial charge in [-0.1, -0.05) is 18.2 Å². The summed E-state index contributed by atoms with van der Waals surface area (Å²) in [6.07, 6.45) is 1.43. The van der Waals surface area contributed by atoms with Crippen LogP contribution in [0.5, 0.6) is 5.75 Å². The summed E-state index contributed by atoms with van der Waals surface area (Å²) >= 11 is 0. The van der Waals surface area contributed by atoms with E-state index in [-0.39, 0.29) is 5.69 Å². The molecule has 2 aromatic heterocycles. The molecule has 0 bridgehead atoms. The SMILES string of the molecule is COc1ccc(Nc2ncnc3c2[nH]c2ccccc23)c([N+](=O)[O-])c1. The van der Waals surface area contributed by atoms with Crippen LogP contribution in [0.1, 0.15) is 0 Å². The molecule has 0 unspecified atom stereocenters. The highest BCUT2D eigenvalue weighted by Gasteiger charge is 2.18. The van der Waals surface area contributed by atoms with Crippen LogP contribution in [0.3, 0.4) is 0 Å². The van der Waals surface area contributed by atoms with Crippen molar-refractivity contribution >= 4 is 39.1 Å². The molecule has 8 heteroatoms. The first-order valence-corrected chi connectivity index (χ1v) is 7.48. The molecule has 0 spiro atoms. The maximum atomic E-state index is 11.4. The van der Waals surface area contributed by atoms with Gasteiger partial charge in [-0.3, -0.25) is 10.1 Å². The Morgan fingerprint density at radius 1 is 1.20 bits per heavy atom. The van der Waals surface area contributed by atoms with Crippen molar-refractivity contribution in [2.45, 2.75) is 0 Å². The average Bonchev–Trinajstić information content (AvgIpc) is 3.02. The summed E-state index contributed by atoms with van der Waals surface area (Å²) in [6.45, 7) is 0. The third kappa shape index (κ3) is 2.49. The molecule has 25 heavy (non-hydrogen) atoms. The third-order valence-corrected chi connectivity index (χ3v) is 3.94. The number of aromatic amines is 1. The lowest BCUT2D eigenvalue weighted by Gasteiger charge is -2.08. The predicted molar refractivity (Wildman–Crippen MR) is 94.3 cm³/mol. The number of nitro benzene ring substituents is 1.